The fraction of sp³-hybridized carbons (Fsp3) is 0.188. The van der Waals surface area contributed by atoms with Crippen LogP contribution in [0.2, 0.25) is 0 Å². The Morgan fingerprint density at radius 2 is 1.67 bits per heavy atom. The molecule has 2 aromatic carbocycles. The molecule has 4 nitrogen and oxygen atoms in total. The molecule has 2 rings (SSSR count). The summed E-state index contributed by atoms with van der Waals surface area (Å²) in [7, 11) is 3.95. The molecule has 2 aromatic rings. The van der Waals surface area contributed by atoms with E-state index in [0.717, 1.165) is 21.5 Å². The van der Waals surface area contributed by atoms with Crippen molar-refractivity contribution in [1.82, 2.24) is 0 Å². The first-order valence-corrected chi connectivity index (χ1v) is 7.42. The predicted molar refractivity (Wildman–Crippen MR) is 92.0 cm³/mol. The second kappa shape index (κ2) is 7.13. The summed E-state index contributed by atoms with van der Waals surface area (Å²) >= 11 is 3.41. The van der Waals surface area contributed by atoms with Gasteiger partial charge in [-0.2, -0.15) is 0 Å². The van der Waals surface area contributed by atoms with Crippen molar-refractivity contribution in [2.75, 3.05) is 36.2 Å². The monoisotopic (exact) mass is 347 g/mol. The third kappa shape index (κ3) is 4.23. The Labute approximate surface area is 133 Å². The maximum atomic E-state index is 12.0. The molecule has 0 aromatic heterocycles. The minimum absolute atomic E-state index is 0.0875. The van der Waals surface area contributed by atoms with E-state index in [4.69, 9.17) is 0 Å². The zero-order valence-corrected chi connectivity index (χ0v) is 13.6. The number of rotatable bonds is 5. The van der Waals surface area contributed by atoms with E-state index in [-0.39, 0.29) is 12.5 Å². The third-order valence-corrected chi connectivity index (χ3v) is 3.66. The Bertz CT molecular complexity index is 628. The Morgan fingerprint density at radius 3 is 2.33 bits per heavy atom. The van der Waals surface area contributed by atoms with Crippen LogP contribution in [0.1, 0.15) is 0 Å². The second-order valence-corrected chi connectivity index (χ2v) is 5.65. The van der Waals surface area contributed by atoms with Crippen LogP contribution in [0, 0.1) is 0 Å². The van der Waals surface area contributed by atoms with Gasteiger partial charge in [0.15, 0.2) is 0 Å². The largest absolute Gasteiger partial charge is 0.376 e. The third-order valence-electron chi connectivity index (χ3n) is 2.97. The smallest absolute Gasteiger partial charge is 0.243 e. The van der Waals surface area contributed by atoms with Crippen LogP contribution in [0.3, 0.4) is 0 Å². The van der Waals surface area contributed by atoms with Gasteiger partial charge in [0, 0.05) is 18.6 Å². The van der Waals surface area contributed by atoms with E-state index in [0.29, 0.717) is 0 Å². The Kier molecular flexibility index (Phi) is 5.22. The normalized spacial score (nSPS) is 10.0. The molecular formula is C16H18BrN3O. The van der Waals surface area contributed by atoms with Crippen LogP contribution in [0.15, 0.2) is 53.0 Å². The van der Waals surface area contributed by atoms with Gasteiger partial charge in [-0.3, -0.25) is 4.79 Å². The summed E-state index contributed by atoms with van der Waals surface area (Å²) in [6.45, 7) is 0.214. The topological polar surface area (TPSA) is 44.4 Å². The average Bonchev–Trinajstić information content (AvgIpc) is 2.48. The number of amides is 1. The van der Waals surface area contributed by atoms with Crippen LogP contribution in [-0.2, 0) is 4.79 Å². The highest BCUT2D eigenvalue weighted by molar-refractivity contribution is 9.10. The van der Waals surface area contributed by atoms with E-state index in [1.165, 1.54) is 0 Å². The molecule has 0 unspecified atom stereocenters. The molecule has 1 amide bonds. The fourth-order valence-corrected chi connectivity index (χ4v) is 2.33. The predicted octanol–water partition coefficient (Wildman–Crippen LogP) is 3.57. The van der Waals surface area contributed by atoms with Crippen molar-refractivity contribution in [3.05, 3.63) is 53.0 Å². The van der Waals surface area contributed by atoms with Gasteiger partial charge in [-0.15, -0.1) is 0 Å². The highest BCUT2D eigenvalue weighted by atomic mass is 79.9. The quantitative estimate of drug-likeness (QED) is 0.868. The zero-order valence-electron chi connectivity index (χ0n) is 12.1. The van der Waals surface area contributed by atoms with Crippen molar-refractivity contribution >= 4 is 38.9 Å². The van der Waals surface area contributed by atoms with Gasteiger partial charge in [-0.05, 0) is 40.2 Å². The van der Waals surface area contributed by atoms with Crippen LogP contribution < -0.4 is 15.5 Å². The molecule has 0 aliphatic heterocycles. The Balaban J connectivity index is 1.97. The average molecular weight is 348 g/mol. The number of carbonyl (C=O) groups is 1. The number of nitrogens with one attached hydrogen (secondary N) is 2. The molecule has 0 aliphatic carbocycles. The number of benzene rings is 2. The van der Waals surface area contributed by atoms with Crippen LogP contribution >= 0.6 is 15.9 Å². The van der Waals surface area contributed by atoms with Crippen molar-refractivity contribution in [3.63, 3.8) is 0 Å². The van der Waals surface area contributed by atoms with Crippen LogP contribution in [0.4, 0.5) is 17.1 Å². The minimum Gasteiger partial charge on any atom is -0.376 e. The second-order valence-electron chi connectivity index (χ2n) is 4.79. The summed E-state index contributed by atoms with van der Waals surface area (Å²) in [4.78, 5) is 14.0. The van der Waals surface area contributed by atoms with Crippen molar-refractivity contribution in [2.45, 2.75) is 0 Å². The molecule has 0 spiro atoms. The van der Waals surface area contributed by atoms with Gasteiger partial charge in [-0.25, -0.2) is 0 Å². The van der Waals surface area contributed by atoms with Crippen LogP contribution in [0.5, 0.6) is 0 Å². The molecule has 0 radical (unpaired) electrons. The van der Waals surface area contributed by atoms with Crippen molar-refractivity contribution in [1.29, 1.82) is 0 Å². The molecule has 0 saturated heterocycles. The maximum absolute atomic E-state index is 12.0. The first-order chi connectivity index (χ1) is 10.1. The molecule has 5 heteroatoms. The fourth-order valence-electron chi connectivity index (χ4n) is 1.95. The van der Waals surface area contributed by atoms with E-state index in [2.05, 4.69) is 26.6 Å². The van der Waals surface area contributed by atoms with Gasteiger partial charge in [0.1, 0.15) is 0 Å². The molecule has 0 atom stereocenters. The molecule has 0 saturated carbocycles. The lowest BCUT2D eigenvalue weighted by molar-refractivity contribution is -0.114. The SMILES string of the molecule is CN(C)c1ccccc1NCC(=O)Nc1ccccc1Br. The molecule has 2 N–H and O–H groups in total. The summed E-state index contributed by atoms with van der Waals surface area (Å²) in [5.74, 6) is -0.0875. The van der Waals surface area contributed by atoms with Crippen molar-refractivity contribution < 1.29 is 4.79 Å². The highest BCUT2D eigenvalue weighted by Gasteiger charge is 2.07. The number of para-hydroxylation sites is 3. The Morgan fingerprint density at radius 1 is 1.05 bits per heavy atom. The van der Waals surface area contributed by atoms with Gasteiger partial charge in [0.05, 0.1) is 23.6 Å². The number of carbonyl (C=O) groups excluding carboxylic acids is 1. The molecule has 0 bridgehead atoms. The van der Waals surface area contributed by atoms with E-state index < -0.39 is 0 Å². The molecule has 0 aliphatic rings. The number of hydrogen-bond donors (Lipinski definition) is 2. The lowest BCUT2D eigenvalue weighted by atomic mass is 10.2. The molecule has 0 heterocycles. The van der Waals surface area contributed by atoms with Gasteiger partial charge in [0.25, 0.3) is 0 Å². The van der Waals surface area contributed by atoms with Crippen LogP contribution in [0.25, 0.3) is 0 Å². The van der Waals surface area contributed by atoms with E-state index in [1.807, 2.05) is 67.5 Å². The summed E-state index contributed by atoms with van der Waals surface area (Å²) in [6.07, 6.45) is 0. The van der Waals surface area contributed by atoms with Gasteiger partial charge in [0.2, 0.25) is 5.91 Å². The zero-order chi connectivity index (χ0) is 15.2. The number of halogens is 1. The summed E-state index contributed by atoms with van der Waals surface area (Å²) < 4.78 is 0.868. The maximum Gasteiger partial charge on any atom is 0.243 e. The summed E-state index contributed by atoms with van der Waals surface area (Å²) in [5.41, 5.74) is 2.75. The molecule has 110 valence electrons. The molecule has 21 heavy (non-hydrogen) atoms. The van der Waals surface area contributed by atoms with E-state index in [1.54, 1.807) is 0 Å². The summed E-state index contributed by atoms with van der Waals surface area (Å²) in [6, 6.07) is 15.4. The van der Waals surface area contributed by atoms with E-state index >= 15 is 0 Å². The standard InChI is InChI=1S/C16H18BrN3O/c1-20(2)15-10-6-5-9-14(15)18-11-16(21)19-13-8-4-3-7-12(13)17/h3-10,18H,11H2,1-2H3,(H,19,21). The highest BCUT2D eigenvalue weighted by Crippen LogP contribution is 2.23. The molecule has 0 fully saturated rings. The first kappa shape index (κ1) is 15.4. The minimum atomic E-state index is -0.0875. The van der Waals surface area contributed by atoms with Gasteiger partial charge < -0.3 is 15.5 Å². The number of anilines is 3. The molecular weight excluding hydrogens is 330 g/mol. The van der Waals surface area contributed by atoms with Crippen molar-refractivity contribution in [3.8, 4) is 0 Å². The van der Waals surface area contributed by atoms with E-state index in [9.17, 15) is 4.79 Å². The summed E-state index contributed by atoms with van der Waals surface area (Å²) in [5, 5.41) is 6.03. The lowest BCUT2D eigenvalue weighted by Gasteiger charge is -2.18. The number of nitrogens with zero attached hydrogens (tertiary/aromatic N) is 1. The van der Waals surface area contributed by atoms with Gasteiger partial charge >= 0.3 is 0 Å². The van der Waals surface area contributed by atoms with Crippen molar-refractivity contribution in [2.24, 2.45) is 0 Å². The van der Waals surface area contributed by atoms with Crippen LogP contribution in [-0.4, -0.2) is 26.5 Å². The Hall–Kier alpha value is -2.01. The lowest BCUT2D eigenvalue weighted by Crippen LogP contribution is -2.23. The number of hydrogen-bond acceptors (Lipinski definition) is 3. The first-order valence-electron chi connectivity index (χ1n) is 6.62. The van der Waals surface area contributed by atoms with Gasteiger partial charge in [-0.1, -0.05) is 24.3 Å².